The Morgan fingerprint density at radius 1 is 1.35 bits per heavy atom. The van der Waals surface area contributed by atoms with E-state index in [1.54, 1.807) is 0 Å². The molecular formula is C21H27Cl2NO2. The third-order valence-corrected chi connectivity index (χ3v) is 6.81. The summed E-state index contributed by atoms with van der Waals surface area (Å²) in [6, 6.07) is 5.94. The van der Waals surface area contributed by atoms with Gasteiger partial charge in [-0.2, -0.15) is 0 Å². The number of likely N-dealkylation sites (tertiary alicyclic amines) is 1. The van der Waals surface area contributed by atoms with Crippen LogP contribution in [-0.2, 0) is 10.2 Å². The van der Waals surface area contributed by atoms with Gasteiger partial charge in [-0.05, 0) is 57.2 Å². The Morgan fingerprint density at radius 3 is 2.62 bits per heavy atom. The van der Waals surface area contributed by atoms with Gasteiger partial charge in [0.15, 0.2) is 0 Å². The maximum absolute atomic E-state index is 12.6. The molecule has 1 saturated heterocycles. The van der Waals surface area contributed by atoms with Crippen LogP contribution in [0.25, 0.3) is 0 Å². The predicted molar refractivity (Wildman–Crippen MR) is 107 cm³/mol. The lowest BCUT2D eigenvalue weighted by molar-refractivity contribution is 0.0112. The third kappa shape index (κ3) is 3.14. The lowest BCUT2D eigenvalue weighted by atomic mass is 9.74. The standard InChI is InChI=1S/C21H27Cl2NO2/c1-6-14(2)21-12-20(21,15-7-8-16(22)17(23)11-15)9-10-24(13-21)18(25)26-19(3,4)5/h6-8,11,14H,1,9-10,12-13H2,2-5H3. The maximum Gasteiger partial charge on any atom is 0.410 e. The number of ether oxygens (including phenoxy) is 1. The SMILES string of the molecule is C=CC(C)C12CN(C(=O)OC(C)(C)C)CCC1(c1ccc(Cl)c(Cl)c1)C2. The molecular weight excluding hydrogens is 369 g/mol. The van der Waals surface area contributed by atoms with Gasteiger partial charge in [0.25, 0.3) is 0 Å². The fraction of sp³-hybridized carbons (Fsp3) is 0.571. The molecule has 0 bridgehead atoms. The van der Waals surface area contributed by atoms with E-state index in [0.29, 0.717) is 23.1 Å². The molecule has 1 aromatic rings. The van der Waals surface area contributed by atoms with E-state index in [0.717, 1.165) is 12.8 Å². The number of benzene rings is 1. The van der Waals surface area contributed by atoms with E-state index >= 15 is 0 Å². The van der Waals surface area contributed by atoms with Crippen molar-refractivity contribution in [2.45, 2.75) is 51.6 Å². The van der Waals surface area contributed by atoms with E-state index < -0.39 is 5.60 Å². The predicted octanol–water partition coefficient (Wildman–Crippen LogP) is 6.08. The highest BCUT2D eigenvalue weighted by Crippen LogP contribution is 2.72. The van der Waals surface area contributed by atoms with Crippen molar-refractivity contribution >= 4 is 29.3 Å². The summed E-state index contributed by atoms with van der Waals surface area (Å²) >= 11 is 12.4. The summed E-state index contributed by atoms with van der Waals surface area (Å²) in [4.78, 5) is 14.5. The summed E-state index contributed by atoms with van der Waals surface area (Å²) in [7, 11) is 0. The molecule has 1 aromatic carbocycles. The van der Waals surface area contributed by atoms with Gasteiger partial charge in [0.2, 0.25) is 0 Å². The van der Waals surface area contributed by atoms with Crippen molar-refractivity contribution in [2.24, 2.45) is 11.3 Å². The Kier molecular flexibility index (Phi) is 4.86. The first-order valence-electron chi connectivity index (χ1n) is 9.11. The summed E-state index contributed by atoms with van der Waals surface area (Å²) in [5.74, 6) is 0.280. The molecule has 0 spiro atoms. The number of hydrogen-bond donors (Lipinski definition) is 0. The molecule has 0 radical (unpaired) electrons. The average molecular weight is 396 g/mol. The van der Waals surface area contributed by atoms with Crippen LogP contribution in [0, 0.1) is 11.3 Å². The van der Waals surface area contributed by atoms with E-state index in [-0.39, 0.29) is 22.8 Å². The molecule has 5 heteroatoms. The number of piperidine rings is 1. The molecule has 3 nitrogen and oxygen atoms in total. The minimum absolute atomic E-state index is 0.0212. The zero-order chi connectivity index (χ0) is 19.3. The van der Waals surface area contributed by atoms with Crippen molar-refractivity contribution in [1.82, 2.24) is 4.90 Å². The number of fused-ring (bicyclic) bond motifs is 1. The van der Waals surface area contributed by atoms with Crippen LogP contribution < -0.4 is 0 Å². The molecule has 2 aliphatic rings. The largest absolute Gasteiger partial charge is 0.444 e. The quantitative estimate of drug-likeness (QED) is 0.579. The number of hydrogen-bond acceptors (Lipinski definition) is 2. The van der Waals surface area contributed by atoms with Crippen molar-refractivity contribution in [3.05, 3.63) is 46.5 Å². The number of halogens is 2. The van der Waals surface area contributed by atoms with E-state index in [9.17, 15) is 4.79 Å². The minimum Gasteiger partial charge on any atom is -0.444 e. The second-order valence-electron chi connectivity index (χ2n) is 8.72. The highest BCUT2D eigenvalue weighted by Gasteiger charge is 2.71. The number of carbonyl (C=O) groups is 1. The third-order valence-electron chi connectivity index (χ3n) is 6.08. The van der Waals surface area contributed by atoms with Crippen molar-refractivity contribution in [3.8, 4) is 0 Å². The Hall–Kier alpha value is -1.19. The lowest BCUT2D eigenvalue weighted by Gasteiger charge is -2.41. The van der Waals surface area contributed by atoms with Crippen molar-refractivity contribution < 1.29 is 9.53 Å². The first-order valence-corrected chi connectivity index (χ1v) is 9.86. The fourth-order valence-corrected chi connectivity index (χ4v) is 4.86. The number of amides is 1. The van der Waals surface area contributed by atoms with Gasteiger partial charge in [0.1, 0.15) is 5.60 Å². The Bertz CT molecular complexity index is 742. The molecule has 0 N–H and O–H groups in total. The fourth-order valence-electron chi connectivity index (χ4n) is 4.56. The first kappa shape index (κ1) is 19.6. The number of rotatable bonds is 3. The van der Waals surface area contributed by atoms with Crippen LogP contribution in [0.4, 0.5) is 4.79 Å². The second kappa shape index (κ2) is 6.45. The molecule has 3 unspecified atom stereocenters. The van der Waals surface area contributed by atoms with Gasteiger partial charge in [-0.25, -0.2) is 4.79 Å². The summed E-state index contributed by atoms with van der Waals surface area (Å²) in [5, 5.41) is 1.15. The summed E-state index contributed by atoms with van der Waals surface area (Å²) < 4.78 is 5.60. The summed E-state index contributed by atoms with van der Waals surface area (Å²) in [6.45, 7) is 13.2. The van der Waals surface area contributed by atoms with Gasteiger partial charge >= 0.3 is 6.09 Å². The molecule has 26 heavy (non-hydrogen) atoms. The number of nitrogens with zero attached hydrogens (tertiary/aromatic N) is 1. The van der Waals surface area contributed by atoms with E-state index in [2.05, 4.69) is 19.6 Å². The Labute approximate surface area is 166 Å². The highest BCUT2D eigenvalue weighted by atomic mass is 35.5. The molecule has 2 fully saturated rings. The van der Waals surface area contributed by atoms with Crippen molar-refractivity contribution in [3.63, 3.8) is 0 Å². The van der Waals surface area contributed by atoms with Crippen LogP contribution >= 0.6 is 23.2 Å². The molecule has 1 aliphatic heterocycles. The molecule has 142 valence electrons. The van der Waals surface area contributed by atoms with Gasteiger partial charge in [0, 0.05) is 23.9 Å². The summed E-state index contributed by atoms with van der Waals surface area (Å²) in [6.07, 6.45) is 3.67. The second-order valence-corrected chi connectivity index (χ2v) is 9.53. The normalized spacial score (nSPS) is 28.9. The molecule has 1 saturated carbocycles. The zero-order valence-electron chi connectivity index (χ0n) is 15.9. The molecule has 0 aromatic heterocycles. The molecule has 1 aliphatic carbocycles. The van der Waals surface area contributed by atoms with Gasteiger partial charge < -0.3 is 9.64 Å². The van der Waals surface area contributed by atoms with Gasteiger partial charge in [-0.3, -0.25) is 0 Å². The van der Waals surface area contributed by atoms with Gasteiger partial charge in [-0.15, -0.1) is 6.58 Å². The molecule has 3 rings (SSSR count). The van der Waals surface area contributed by atoms with Crippen LogP contribution in [0.3, 0.4) is 0 Å². The van der Waals surface area contributed by atoms with Crippen LogP contribution in [-0.4, -0.2) is 29.7 Å². The van der Waals surface area contributed by atoms with E-state index in [4.69, 9.17) is 27.9 Å². The smallest absolute Gasteiger partial charge is 0.410 e. The van der Waals surface area contributed by atoms with E-state index in [1.807, 2.05) is 43.9 Å². The maximum atomic E-state index is 12.6. The highest BCUT2D eigenvalue weighted by molar-refractivity contribution is 6.42. The summed E-state index contributed by atoms with van der Waals surface area (Å²) in [5.41, 5.74) is 0.717. The molecule has 1 amide bonds. The zero-order valence-corrected chi connectivity index (χ0v) is 17.5. The monoisotopic (exact) mass is 395 g/mol. The van der Waals surface area contributed by atoms with Crippen LogP contribution in [0.2, 0.25) is 10.0 Å². The Morgan fingerprint density at radius 2 is 2.04 bits per heavy atom. The van der Waals surface area contributed by atoms with E-state index in [1.165, 1.54) is 5.56 Å². The van der Waals surface area contributed by atoms with Crippen molar-refractivity contribution in [1.29, 1.82) is 0 Å². The van der Waals surface area contributed by atoms with Gasteiger partial charge in [-0.1, -0.05) is 42.3 Å². The topological polar surface area (TPSA) is 29.5 Å². The van der Waals surface area contributed by atoms with Crippen LogP contribution in [0.1, 0.15) is 46.1 Å². The first-order chi connectivity index (χ1) is 12.0. The number of carbonyl (C=O) groups excluding carboxylic acids is 1. The Balaban J connectivity index is 1.90. The lowest BCUT2D eigenvalue weighted by Crippen LogP contribution is -2.48. The van der Waals surface area contributed by atoms with Crippen LogP contribution in [0.15, 0.2) is 30.9 Å². The van der Waals surface area contributed by atoms with Crippen LogP contribution in [0.5, 0.6) is 0 Å². The number of allylic oxidation sites excluding steroid dienone is 1. The average Bonchev–Trinajstić information content (AvgIpc) is 3.26. The molecule has 3 atom stereocenters. The molecule has 1 heterocycles. The van der Waals surface area contributed by atoms with Crippen molar-refractivity contribution in [2.75, 3.05) is 13.1 Å². The minimum atomic E-state index is -0.490. The van der Waals surface area contributed by atoms with Gasteiger partial charge in [0.05, 0.1) is 10.0 Å².